The van der Waals surface area contributed by atoms with E-state index < -0.39 is 41.8 Å². The fourth-order valence-corrected chi connectivity index (χ4v) is 3.67. The fourth-order valence-electron chi connectivity index (χ4n) is 3.67. The summed E-state index contributed by atoms with van der Waals surface area (Å²) in [5.74, 6) is -1.21. The number of esters is 2. The number of carbonyl (C=O) groups is 2. The van der Waals surface area contributed by atoms with E-state index in [0.717, 1.165) is 14.7 Å². The van der Waals surface area contributed by atoms with Crippen LogP contribution in [0.15, 0.2) is 82.5 Å². The van der Waals surface area contributed by atoms with Crippen molar-refractivity contribution < 1.29 is 28.5 Å². The van der Waals surface area contributed by atoms with Gasteiger partial charge in [-0.3, -0.25) is 14.2 Å². The standard InChI is InChI=1S/C25H24N2O8/c1-17(28)33-22-14-20(34-24(30)19-10-6-3-7-11-19)23(35-22)26-13-12-21(29)27(25(26)31)16-32-15-18-8-4-2-5-9-18/h2-13,20,22-23H,14-16H2,1H3/t20-,22-,23+/m0/s1. The Bertz CT molecular complexity index is 1290. The molecule has 0 amide bonds. The lowest BCUT2D eigenvalue weighted by atomic mass is 10.2. The molecule has 0 aliphatic carbocycles. The summed E-state index contributed by atoms with van der Waals surface area (Å²) in [6.45, 7) is 1.13. The second-order valence-corrected chi connectivity index (χ2v) is 7.85. The summed E-state index contributed by atoms with van der Waals surface area (Å²) < 4.78 is 24.1. The molecule has 0 saturated carbocycles. The highest BCUT2D eigenvalue weighted by molar-refractivity contribution is 5.89. The van der Waals surface area contributed by atoms with Crippen LogP contribution in [0.4, 0.5) is 0 Å². The lowest BCUT2D eigenvalue weighted by molar-refractivity contribution is -0.180. The molecule has 1 aliphatic rings. The molecule has 1 fully saturated rings. The fraction of sp³-hybridized carbons (Fsp3) is 0.280. The predicted molar refractivity (Wildman–Crippen MR) is 122 cm³/mol. The molecule has 1 aromatic heterocycles. The van der Waals surface area contributed by atoms with E-state index in [1.807, 2.05) is 30.3 Å². The van der Waals surface area contributed by atoms with E-state index in [4.69, 9.17) is 18.9 Å². The van der Waals surface area contributed by atoms with E-state index >= 15 is 0 Å². The van der Waals surface area contributed by atoms with Crippen LogP contribution >= 0.6 is 0 Å². The van der Waals surface area contributed by atoms with Crippen LogP contribution in [-0.2, 0) is 37.1 Å². The van der Waals surface area contributed by atoms with Gasteiger partial charge in [0.05, 0.1) is 18.6 Å². The summed E-state index contributed by atoms with van der Waals surface area (Å²) >= 11 is 0. The number of ether oxygens (including phenoxy) is 4. The van der Waals surface area contributed by atoms with Crippen molar-refractivity contribution in [3.05, 3.63) is 105 Å². The van der Waals surface area contributed by atoms with Crippen molar-refractivity contribution in [3.63, 3.8) is 0 Å². The van der Waals surface area contributed by atoms with Gasteiger partial charge in [0.1, 0.15) is 6.73 Å². The molecule has 10 nitrogen and oxygen atoms in total. The Kier molecular flexibility index (Phi) is 7.54. The number of rotatable bonds is 8. The minimum Gasteiger partial charge on any atom is -0.454 e. The van der Waals surface area contributed by atoms with Gasteiger partial charge in [0.2, 0.25) is 6.29 Å². The van der Waals surface area contributed by atoms with Gasteiger partial charge in [-0.2, -0.15) is 0 Å². The SMILES string of the molecule is CC(=O)O[C@@H]1C[C@H](OC(=O)c2ccccc2)[C@H](n2ccc(=O)n(COCc3ccccc3)c2=O)O1. The first kappa shape index (κ1) is 24.1. The predicted octanol–water partition coefficient (Wildman–Crippen LogP) is 2.22. The Morgan fingerprint density at radius 1 is 0.971 bits per heavy atom. The van der Waals surface area contributed by atoms with Crippen LogP contribution < -0.4 is 11.2 Å². The van der Waals surface area contributed by atoms with Crippen molar-refractivity contribution in [2.75, 3.05) is 0 Å². The molecule has 3 atom stereocenters. The van der Waals surface area contributed by atoms with Gasteiger partial charge < -0.3 is 18.9 Å². The summed E-state index contributed by atoms with van der Waals surface area (Å²) in [6, 6.07) is 18.8. The zero-order valence-corrected chi connectivity index (χ0v) is 18.9. The quantitative estimate of drug-likeness (QED) is 0.451. The van der Waals surface area contributed by atoms with Gasteiger partial charge in [-0.25, -0.2) is 14.2 Å². The van der Waals surface area contributed by atoms with Crippen LogP contribution in [0.5, 0.6) is 0 Å². The first-order chi connectivity index (χ1) is 16.9. The maximum Gasteiger partial charge on any atom is 0.338 e. The summed E-state index contributed by atoms with van der Waals surface area (Å²) in [5.41, 5.74) is -0.0895. The molecule has 182 valence electrons. The first-order valence-corrected chi connectivity index (χ1v) is 10.9. The highest BCUT2D eigenvalue weighted by Crippen LogP contribution is 2.31. The molecule has 0 bridgehead atoms. The maximum absolute atomic E-state index is 13.2. The third-order valence-electron chi connectivity index (χ3n) is 5.30. The molecule has 4 rings (SSSR count). The van der Waals surface area contributed by atoms with Gasteiger partial charge >= 0.3 is 17.6 Å². The number of carbonyl (C=O) groups excluding carboxylic acids is 2. The second-order valence-electron chi connectivity index (χ2n) is 7.85. The van der Waals surface area contributed by atoms with Gasteiger partial charge in [-0.1, -0.05) is 48.5 Å². The van der Waals surface area contributed by atoms with Crippen molar-refractivity contribution in [3.8, 4) is 0 Å². The molecule has 0 N–H and O–H groups in total. The molecule has 10 heteroatoms. The highest BCUT2D eigenvalue weighted by Gasteiger charge is 2.42. The number of benzene rings is 2. The van der Waals surface area contributed by atoms with Gasteiger partial charge in [0.15, 0.2) is 12.3 Å². The number of nitrogens with zero attached hydrogens (tertiary/aromatic N) is 2. The van der Waals surface area contributed by atoms with Crippen LogP contribution in [0.1, 0.15) is 35.5 Å². The van der Waals surface area contributed by atoms with Crippen LogP contribution in [0.3, 0.4) is 0 Å². The summed E-state index contributed by atoms with van der Waals surface area (Å²) in [6.07, 6.45) is -1.85. The molecule has 1 saturated heterocycles. The van der Waals surface area contributed by atoms with Crippen molar-refractivity contribution in [2.24, 2.45) is 0 Å². The first-order valence-electron chi connectivity index (χ1n) is 10.9. The molecular formula is C25H24N2O8. The Labute approximate surface area is 200 Å². The molecule has 3 aromatic rings. The maximum atomic E-state index is 13.2. The summed E-state index contributed by atoms with van der Waals surface area (Å²) in [7, 11) is 0. The molecule has 0 spiro atoms. The van der Waals surface area contributed by atoms with E-state index in [2.05, 4.69) is 0 Å². The average molecular weight is 480 g/mol. The molecule has 0 unspecified atom stereocenters. The largest absolute Gasteiger partial charge is 0.454 e. The van der Waals surface area contributed by atoms with Crippen LogP contribution in [0.25, 0.3) is 0 Å². The second kappa shape index (κ2) is 10.9. The van der Waals surface area contributed by atoms with E-state index in [9.17, 15) is 19.2 Å². The van der Waals surface area contributed by atoms with Crippen molar-refractivity contribution in [1.29, 1.82) is 0 Å². The van der Waals surface area contributed by atoms with Crippen LogP contribution in [0.2, 0.25) is 0 Å². The van der Waals surface area contributed by atoms with Gasteiger partial charge in [0.25, 0.3) is 5.56 Å². The van der Waals surface area contributed by atoms with E-state index in [1.54, 1.807) is 30.3 Å². The minimum atomic E-state index is -1.12. The smallest absolute Gasteiger partial charge is 0.338 e. The Morgan fingerprint density at radius 3 is 2.34 bits per heavy atom. The average Bonchev–Trinajstić information content (AvgIpc) is 3.23. The lowest BCUT2D eigenvalue weighted by Crippen LogP contribution is -2.43. The highest BCUT2D eigenvalue weighted by atomic mass is 16.7. The third kappa shape index (κ3) is 5.92. The Hall–Kier alpha value is -4.02. The zero-order chi connectivity index (χ0) is 24.8. The minimum absolute atomic E-state index is 0.0128. The van der Waals surface area contributed by atoms with Crippen molar-refractivity contribution in [2.45, 2.75) is 45.3 Å². The third-order valence-corrected chi connectivity index (χ3v) is 5.30. The number of hydrogen-bond acceptors (Lipinski definition) is 8. The molecule has 1 aliphatic heterocycles. The molecule has 0 radical (unpaired) electrons. The lowest BCUT2D eigenvalue weighted by Gasteiger charge is -2.21. The normalized spacial score (nSPS) is 19.3. The van der Waals surface area contributed by atoms with Gasteiger partial charge in [-0.05, 0) is 17.7 Å². The molecule has 2 aromatic carbocycles. The molecular weight excluding hydrogens is 456 g/mol. The van der Waals surface area contributed by atoms with E-state index in [0.29, 0.717) is 5.56 Å². The molecule has 35 heavy (non-hydrogen) atoms. The summed E-state index contributed by atoms with van der Waals surface area (Å²) in [4.78, 5) is 49.6. The Balaban J connectivity index is 1.56. The topological polar surface area (TPSA) is 115 Å². The van der Waals surface area contributed by atoms with Crippen molar-refractivity contribution >= 4 is 11.9 Å². The van der Waals surface area contributed by atoms with Crippen molar-refractivity contribution in [1.82, 2.24) is 9.13 Å². The number of aromatic nitrogens is 2. The monoisotopic (exact) mass is 480 g/mol. The zero-order valence-electron chi connectivity index (χ0n) is 18.9. The Morgan fingerprint density at radius 2 is 1.66 bits per heavy atom. The van der Waals surface area contributed by atoms with Crippen LogP contribution in [0, 0.1) is 0 Å². The van der Waals surface area contributed by atoms with Crippen LogP contribution in [-0.4, -0.2) is 33.5 Å². The van der Waals surface area contributed by atoms with Gasteiger partial charge in [0, 0.05) is 19.2 Å². The van der Waals surface area contributed by atoms with E-state index in [-0.39, 0.29) is 19.8 Å². The number of hydrogen-bond donors (Lipinski definition) is 0. The molecule has 2 heterocycles. The summed E-state index contributed by atoms with van der Waals surface area (Å²) in [5, 5.41) is 0. The van der Waals surface area contributed by atoms with E-state index in [1.165, 1.54) is 19.2 Å². The van der Waals surface area contributed by atoms with Gasteiger partial charge in [-0.15, -0.1) is 0 Å².